The number of ether oxygens (including phenoxy) is 2. The summed E-state index contributed by atoms with van der Waals surface area (Å²) in [6.07, 6.45) is 9.67. The summed E-state index contributed by atoms with van der Waals surface area (Å²) in [5, 5.41) is 2.40. The third-order valence-electron chi connectivity index (χ3n) is 13.6. The Morgan fingerprint density at radius 3 is 1.67 bits per heavy atom. The molecule has 1 unspecified atom stereocenters. The Hall–Kier alpha value is -8.28. The number of hydrogen-bond acceptors (Lipinski definition) is 3. The maximum Gasteiger partial charge on any atom is 0.260 e. The van der Waals surface area contributed by atoms with Gasteiger partial charge in [0.2, 0.25) is 0 Å². The van der Waals surface area contributed by atoms with Gasteiger partial charge < -0.3 is 18.9 Å². The second-order valence-electron chi connectivity index (χ2n) is 17.6. The molecule has 0 saturated carbocycles. The molecule has 0 radical (unpaired) electrons. The summed E-state index contributed by atoms with van der Waals surface area (Å²) >= 11 is 0. The van der Waals surface area contributed by atoms with Crippen molar-refractivity contribution in [3.63, 3.8) is 0 Å². The molecule has 5 heteroatoms. The lowest BCUT2D eigenvalue weighted by molar-refractivity contribution is 0.465. The normalized spacial score (nSPS) is 15.6. The zero-order valence-corrected chi connectivity index (χ0v) is 36.4. The van der Waals surface area contributed by atoms with Gasteiger partial charge in [0.05, 0.1) is 11.0 Å². The smallest absolute Gasteiger partial charge is 0.260 e. The zero-order valence-electron chi connectivity index (χ0n) is 36.4. The molecule has 0 fully saturated rings. The van der Waals surface area contributed by atoms with Gasteiger partial charge in [-0.15, -0.1) is 0 Å². The summed E-state index contributed by atoms with van der Waals surface area (Å²) in [5.41, 5.74) is 17.0. The highest BCUT2D eigenvalue weighted by Crippen LogP contribution is 2.44. The predicted molar refractivity (Wildman–Crippen MR) is 275 cm³/mol. The van der Waals surface area contributed by atoms with Crippen molar-refractivity contribution >= 4 is 56.3 Å². The van der Waals surface area contributed by atoms with Crippen molar-refractivity contribution in [1.82, 2.24) is 4.57 Å². The maximum absolute atomic E-state index is 7.29. The number of nitrogens with zero attached hydrogens (tertiary/aromatic N) is 2. The fourth-order valence-corrected chi connectivity index (χ4v) is 10.6. The van der Waals surface area contributed by atoms with Crippen LogP contribution in [0.1, 0.15) is 12.5 Å². The Balaban J connectivity index is 1.07. The van der Waals surface area contributed by atoms with Crippen molar-refractivity contribution in [3.05, 3.63) is 230 Å². The first-order chi connectivity index (χ1) is 32.6. The predicted octanol–water partition coefficient (Wildman–Crippen LogP) is 13.7. The van der Waals surface area contributed by atoms with Crippen LogP contribution in [0.4, 0.5) is 11.4 Å². The van der Waals surface area contributed by atoms with Gasteiger partial charge in [0.15, 0.2) is 0 Å². The third kappa shape index (κ3) is 6.30. The SMILES string of the molecule is CC1/C=C\C=C/Cc2cc3c(cc2N1c1ccccc1)Oc1cc(-c2cc(-c4ccccc4)cc(-c4ccccc4)c2)cc2c1B3c1cc3c4ccccc4n(-c4ccccc4)c3cc1O2. The largest absolute Gasteiger partial charge is 0.458 e. The number of hydrogen-bond donors (Lipinski definition) is 0. The van der Waals surface area contributed by atoms with Crippen molar-refractivity contribution in [2.24, 2.45) is 0 Å². The van der Waals surface area contributed by atoms with Crippen LogP contribution in [0.5, 0.6) is 23.0 Å². The number of anilines is 2. The Bertz CT molecular complexity index is 3520. The molecule has 0 bridgehead atoms. The van der Waals surface area contributed by atoms with E-state index >= 15 is 0 Å². The van der Waals surface area contributed by atoms with E-state index in [0.717, 1.165) is 96.2 Å². The fraction of sp³-hybridized carbons (Fsp3) is 0.0492. The van der Waals surface area contributed by atoms with Gasteiger partial charge in [0.25, 0.3) is 6.71 Å². The standard InChI is InChI=1S/C61H43BN2O2/c1-40-19-7-2-12-24-43-34-52-57(38-55(43)63(40)48-25-13-5-14-26-48)65-59-35-47(46-32-44(41-20-8-3-9-21-41)31-45(33-46)42-22-10-4-11-23-42)36-60-61(59)62(52)53-37-51-50-29-17-18-30-54(50)64(49-27-15-6-16-28-49)56(51)39-58(53)66-60/h2-23,25-40H,24H2,1H3/b12-2-,19-7-. The molecule has 13 rings (SSSR count). The van der Waals surface area contributed by atoms with Crippen LogP contribution < -0.4 is 30.8 Å². The molecule has 3 aliphatic heterocycles. The molecule has 0 saturated heterocycles. The molecule has 0 spiro atoms. The fourth-order valence-electron chi connectivity index (χ4n) is 10.6. The van der Waals surface area contributed by atoms with Crippen molar-refractivity contribution in [2.45, 2.75) is 19.4 Å². The Morgan fingerprint density at radius 2 is 1.00 bits per heavy atom. The van der Waals surface area contributed by atoms with Crippen LogP contribution in [0.3, 0.4) is 0 Å². The van der Waals surface area contributed by atoms with Crippen LogP contribution in [-0.4, -0.2) is 17.3 Å². The number of aromatic nitrogens is 1. The number of para-hydroxylation sites is 3. The van der Waals surface area contributed by atoms with Gasteiger partial charge in [-0.05, 0) is 124 Å². The third-order valence-corrected chi connectivity index (χ3v) is 13.6. The molecule has 4 nitrogen and oxygen atoms in total. The average Bonchev–Trinajstić information content (AvgIpc) is 3.72. The Kier molecular flexibility index (Phi) is 8.95. The molecule has 1 aromatic heterocycles. The molecular formula is C61H43BN2O2. The lowest BCUT2D eigenvalue weighted by Gasteiger charge is -2.36. The summed E-state index contributed by atoms with van der Waals surface area (Å²) in [5.74, 6) is 3.33. The van der Waals surface area contributed by atoms with E-state index in [-0.39, 0.29) is 12.8 Å². The van der Waals surface area contributed by atoms with Crippen LogP contribution in [0.15, 0.2) is 224 Å². The zero-order chi connectivity index (χ0) is 43.7. The lowest BCUT2D eigenvalue weighted by atomic mass is 9.34. The molecule has 1 atom stereocenters. The lowest BCUT2D eigenvalue weighted by Crippen LogP contribution is -2.57. The molecule has 9 aromatic carbocycles. The van der Waals surface area contributed by atoms with Gasteiger partial charge >= 0.3 is 0 Å². The van der Waals surface area contributed by atoms with Crippen LogP contribution >= 0.6 is 0 Å². The highest BCUT2D eigenvalue weighted by molar-refractivity contribution is 6.98. The van der Waals surface area contributed by atoms with Crippen LogP contribution in [-0.2, 0) is 6.42 Å². The molecular weight excluding hydrogens is 803 g/mol. The first kappa shape index (κ1) is 38.2. The summed E-state index contributed by atoms with van der Waals surface area (Å²) in [4.78, 5) is 2.44. The van der Waals surface area contributed by atoms with Crippen LogP contribution in [0, 0.1) is 0 Å². The molecule has 4 heterocycles. The minimum atomic E-state index is -0.141. The highest BCUT2D eigenvalue weighted by atomic mass is 16.5. The first-order valence-corrected chi connectivity index (χ1v) is 22.9. The maximum atomic E-state index is 7.29. The number of benzene rings is 9. The van der Waals surface area contributed by atoms with Crippen molar-refractivity contribution < 1.29 is 9.47 Å². The van der Waals surface area contributed by atoms with E-state index in [2.05, 4.69) is 241 Å². The van der Waals surface area contributed by atoms with E-state index in [1.807, 2.05) is 0 Å². The summed E-state index contributed by atoms with van der Waals surface area (Å²) in [7, 11) is 0. The molecule has 0 amide bonds. The second-order valence-corrected chi connectivity index (χ2v) is 17.6. The van der Waals surface area contributed by atoms with Gasteiger partial charge in [-0.1, -0.05) is 152 Å². The Morgan fingerprint density at radius 1 is 0.455 bits per heavy atom. The summed E-state index contributed by atoms with van der Waals surface area (Å²) in [6.45, 7) is 2.12. The molecule has 312 valence electrons. The van der Waals surface area contributed by atoms with Crippen LogP contribution in [0.25, 0.3) is 60.9 Å². The van der Waals surface area contributed by atoms with Crippen LogP contribution in [0.2, 0.25) is 0 Å². The summed E-state index contributed by atoms with van der Waals surface area (Å²) < 4.78 is 16.9. The molecule has 0 aliphatic carbocycles. The van der Waals surface area contributed by atoms with Crippen molar-refractivity contribution in [3.8, 4) is 62.1 Å². The van der Waals surface area contributed by atoms with E-state index in [4.69, 9.17) is 9.47 Å². The Labute approximate surface area is 385 Å². The van der Waals surface area contributed by atoms with Gasteiger partial charge in [-0.3, -0.25) is 0 Å². The van der Waals surface area contributed by atoms with E-state index < -0.39 is 0 Å². The minimum absolute atomic E-state index is 0.0933. The highest BCUT2D eigenvalue weighted by Gasteiger charge is 2.42. The van der Waals surface area contributed by atoms with Gasteiger partial charge in [-0.2, -0.15) is 0 Å². The molecule has 3 aliphatic rings. The molecule has 66 heavy (non-hydrogen) atoms. The first-order valence-electron chi connectivity index (χ1n) is 22.9. The topological polar surface area (TPSA) is 26.6 Å². The monoisotopic (exact) mass is 846 g/mol. The quantitative estimate of drug-likeness (QED) is 0.161. The van der Waals surface area contributed by atoms with Crippen molar-refractivity contribution in [1.29, 1.82) is 0 Å². The van der Waals surface area contributed by atoms with E-state index in [1.165, 1.54) is 27.5 Å². The minimum Gasteiger partial charge on any atom is -0.458 e. The van der Waals surface area contributed by atoms with Gasteiger partial charge in [0.1, 0.15) is 23.0 Å². The second kappa shape index (κ2) is 15.5. The number of fused-ring (bicyclic) bond motifs is 8. The molecule has 0 N–H and O–H groups in total. The number of allylic oxidation sites excluding steroid dienone is 3. The van der Waals surface area contributed by atoms with Gasteiger partial charge in [0, 0.05) is 51.5 Å². The van der Waals surface area contributed by atoms with Gasteiger partial charge in [-0.25, -0.2) is 0 Å². The van der Waals surface area contributed by atoms with E-state index in [0.29, 0.717) is 0 Å². The average molecular weight is 847 g/mol. The summed E-state index contributed by atoms with van der Waals surface area (Å²) in [6, 6.07) is 72.3. The van der Waals surface area contributed by atoms with Crippen molar-refractivity contribution in [2.75, 3.05) is 4.90 Å². The van der Waals surface area contributed by atoms with E-state index in [9.17, 15) is 0 Å². The number of rotatable bonds is 5. The van der Waals surface area contributed by atoms with E-state index in [1.54, 1.807) is 0 Å². The molecule has 10 aromatic rings.